The molecule has 0 fully saturated rings. The van der Waals surface area contributed by atoms with Gasteiger partial charge in [0.2, 0.25) is 11.8 Å². The monoisotopic (exact) mass is 400 g/mol. The van der Waals surface area contributed by atoms with Crippen molar-refractivity contribution in [1.82, 2.24) is 0 Å². The molecule has 0 aliphatic heterocycles. The van der Waals surface area contributed by atoms with Crippen molar-refractivity contribution in [1.29, 1.82) is 0 Å². The highest BCUT2D eigenvalue weighted by Crippen LogP contribution is 2.19. The minimum atomic E-state index is -0.397. The van der Waals surface area contributed by atoms with Crippen molar-refractivity contribution in [3.8, 4) is 0 Å². The average molecular weight is 401 g/mol. The van der Waals surface area contributed by atoms with Crippen LogP contribution >= 0.6 is 11.8 Å². The van der Waals surface area contributed by atoms with Gasteiger partial charge in [-0.15, -0.1) is 11.8 Å². The van der Waals surface area contributed by atoms with E-state index in [1.54, 1.807) is 31.2 Å². The number of rotatable bonds is 8. The van der Waals surface area contributed by atoms with Gasteiger partial charge in [0.25, 0.3) is 0 Å². The van der Waals surface area contributed by atoms with Crippen LogP contribution in [0.25, 0.3) is 0 Å². The van der Waals surface area contributed by atoms with E-state index in [1.165, 1.54) is 11.8 Å². The van der Waals surface area contributed by atoms with Crippen molar-refractivity contribution < 1.29 is 19.1 Å². The Morgan fingerprint density at radius 1 is 0.893 bits per heavy atom. The molecule has 0 spiro atoms. The number of ether oxygens (including phenoxy) is 1. The lowest BCUT2D eigenvalue weighted by Gasteiger charge is -2.11. The molecule has 0 aromatic heterocycles. The summed E-state index contributed by atoms with van der Waals surface area (Å²) in [6.45, 7) is 5.94. The molecule has 0 aliphatic rings. The van der Waals surface area contributed by atoms with E-state index < -0.39 is 5.97 Å². The smallest absolute Gasteiger partial charge is 0.338 e. The highest BCUT2D eigenvalue weighted by atomic mass is 32.2. The number of amides is 2. The average Bonchev–Trinajstić information content (AvgIpc) is 2.65. The molecule has 0 saturated heterocycles. The fraction of sp³-hybridized carbons (Fsp3) is 0.286. The third kappa shape index (κ3) is 6.42. The first-order chi connectivity index (χ1) is 13.4. The van der Waals surface area contributed by atoms with Crippen molar-refractivity contribution in [2.75, 3.05) is 28.7 Å². The zero-order valence-electron chi connectivity index (χ0n) is 16.2. The largest absolute Gasteiger partial charge is 0.462 e. The number of para-hydroxylation sites is 1. The Kier molecular flexibility index (Phi) is 8.07. The van der Waals surface area contributed by atoms with E-state index in [-0.39, 0.29) is 23.3 Å². The summed E-state index contributed by atoms with van der Waals surface area (Å²) in [5.41, 5.74) is 3.83. The predicted molar refractivity (Wildman–Crippen MR) is 113 cm³/mol. The lowest BCUT2D eigenvalue weighted by atomic mass is 10.1. The molecule has 7 heteroatoms. The summed E-state index contributed by atoms with van der Waals surface area (Å²) in [6, 6.07) is 12.3. The van der Waals surface area contributed by atoms with E-state index in [0.717, 1.165) is 16.8 Å². The van der Waals surface area contributed by atoms with Crippen molar-refractivity contribution >= 4 is 40.9 Å². The maximum atomic E-state index is 12.1. The fourth-order valence-corrected chi connectivity index (χ4v) is 3.14. The number of anilines is 2. The van der Waals surface area contributed by atoms with Gasteiger partial charge in [-0.2, -0.15) is 0 Å². The Balaban J connectivity index is 1.76. The SMILES string of the molecule is CCOC(=O)c1ccc(NC(=O)CSCC(=O)Nc2c(C)cccc2C)cc1. The van der Waals surface area contributed by atoms with Crippen LogP contribution in [0.15, 0.2) is 42.5 Å². The summed E-state index contributed by atoms with van der Waals surface area (Å²) in [6.07, 6.45) is 0. The van der Waals surface area contributed by atoms with Crippen LogP contribution in [-0.2, 0) is 14.3 Å². The number of carbonyl (C=O) groups is 3. The van der Waals surface area contributed by atoms with Gasteiger partial charge in [0, 0.05) is 11.4 Å². The third-order valence-electron chi connectivity index (χ3n) is 3.89. The number of hydrogen-bond donors (Lipinski definition) is 2. The van der Waals surface area contributed by atoms with Crippen LogP contribution < -0.4 is 10.6 Å². The van der Waals surface area contributed by atoms with E-state index in [4.69, 9.17) is 4.74 Å². The van der Waals surface area contributed by atoms with E-state index in [1.807, 2.05) is 32.0 Å². The van der Waals surface area contributed by atoms with Crippen LogP contribution in [0.5, 0.6) is 0 Å². The molecule has 0 atom stereocenters. The lowest BCUT2D eigenvalue weighted by molar-refractivity contribution is -0.114. The van der Waals surface area contributed by atoms with Gasteiger partial charge in [-0.25, -0.2) is 4.79 Å². The van der Waals surface area contributed by atoms with Crippen LogP contribution in [0.2, 0.25) is 0 Å². The molecular formula is C21H24N2O4S. The Bertz CT molecular complexity index is 830. The van der Waals surface area contributed by atoms with Gasteiger partial charge < -0.3 is 15.4 Å². The molecule has 0 radical (unpaired) electrons. The molecule has 0 saturated carbocycles. The predicted octanol–water partition coefficient (Wildman–Crippen LogP) is 3.79. The van der Waals surface area contributed by atoms with E-state index in [2.05, 4.69) is 10.6 Å². The molecule has 2 aromatic rings. The summed E-state index contributed by atoms with van der Waals surface area (Å²) < 4.78 is 4.91. The number of benzene rings is 2. The van der Waals surface area contributed by atoms with Crippen LogP contribution in [0, 0.1) is 13.8 Å². The number of hydrogen-bond acceptors (Lipinski definition) is 5. The molecule has 2 rings (SSSR count). The van der Waals surface area contributed by atoms with E-state index in [0.29, 0.717) is 17.9 Å². The number of esters is 1. The third-order valence-corrected chi connectivity index (χ3v) is 4.82. The summed E-state index contributed by atoms with van der Waals surface area (Å²) in [5, 5.41) is 5.63. The Morgan fingerprint density at radius 3 is 2.04 bits per heavy atom. The van der Waals surface area contributed by atoms with Gasteiger partial charge in [-0.3, -0.25) is 9.59 Å². The maximum absolute atomic E-state index is 12.1. The van der Waals surface area contributed by atoms with Gasteiger partial charge in [-0.05, 0) is 56.2 Å². The van der Waals surface area contributed by atoms with Crippen molar-refractivity contribution in [2.45, 2.75) is 20.8 Å². The van der Waals surface area contributed by atoms with Crippen LogP contribution in [-0.4, -0.2) is 35.9 Å². The van der Waals surface area contributed by atoms with Gasteiger partial charge in [-0.1, -0.05) is 18.2 Å². The molecule has 0 unspecified atom stereocenters. The molecule has 6 nitrogen and oxygen atoms in total. The van der Waals surface area contributed by atoms with Crippen molar-refractivity contribution in [3.63, 3.8) is 0 Å². The molecular weight excluding hydrogens is 376 g/mol. The molecule has 28 heavy (non-hydrogen) atoms. The summed E-state index contributed by atoms with van der Waals surface area (Å²) in [4.78, 5) is 35.7. The molecule has 0 bridgehead atoms. The second-order valence-corrected chi connectivity index (χ2v) is 7.14. The minimum absolute atomic E-state index is 0.144. The molecule has 0 heterocycles. The topological polar surface area (TPSA) is 84.5 Å². The first-order valence-corrected chi connectivity index (χ1v) is 10.1. The highest BCUT2D eigenvalue weighted by Gasteiger charge is 2.10. The quantitative estimate of drug-likeness (QED) is 0.659. The zero-order chi connectivity index (χ0) is 20.5. The summed E-state index contributed by atoms with van der Waals surface area (Å²) in [7, 11) is 0. The normalized spacial score (nSPS) is 10.2. The van der Waals surface area contributed by atoms with Crippen molar-refractivity contribution in [2.24, 2.45) is 0 Å². The van der Waals surface area contributed by atoms with Gasteiger partial charge in [0.1, 0.15) is 0 Å². The lowest BCUT2D eigenvalue weighted by Crippen LogP contribution is -2.19. The van der Waals surface area contributed by atoms with E-state index in [9.17, 15) is 14.4 Å². The fourth-order valence-electron chi connectivity index (χ4n) is 2.52. The van der Waals surface area contributed by atoms with Crippen LogP contribution in [0.3, 0.4) is 0 Å². The Morgan fingerprint density at radius 2 is 1.46 bits per heavy atom. The molecule has 2 N–H and O–H groups in total. The number of aryl methyl sites for hydroxylation is 2. The van der Waals surface area contributed by atoms with Gasteiger partial charge in [0.05, 0.1) is 23.7 Å². The first kappa shape index (κ1) is 21.5. The molecule has 148 valence electrons. The number of carbonyl (C=O) groups excluding carboxylic acids is 3. The van der Waals surface area contributed by atoms with Gasteiger partial charge >= 0.3 is 5.97 Å². The second-order valence-electron chi connectivity index (χ2n) is 6.15. The first-order valence-electron chi connectivity index (χ1n) is 8.91. The van der Waals surface area contributed by atoms with E-state index >= 15 is 0 Å². The number of nitrogens with one attached hydrogen (secondary N) is 2. The second kappa shape index (κ2) is 10.5. The Hall–Kier alpha value is -2.80. The van der Waals surface area contributed by atoms with Crippen LogP contribution in [0.1, 0.15) is 28.4 Å². The number of thioether (sulfide) groups is 1. The highest BCUT2D eigenvalue weighted by molar-refractivity contribution is 8.00. The minimum Gasteiger partial charge on any atom is -0.462 e. The summed E-state index contributed by atoms with van der Waals surface area (Å²) in [5.74, 6) is -0.420. The standard InChI is InChI=1S/C21H24N2O4S/c1-4-27-21(26)16-8-10-17(11-9-16)22-18(24)12-28-13-19(25)23-20-14(2)6-5-7-15(20)3/h5-11H,4,12-13H2,1-3H3,(H,22,24)(H,23,25). The van der Waals surface area contributed by atoms with Crippen molar-refractivity contribution in [3.05, 3.63) is 59.2 Å². The maximum Gasteiger partial charge on any atom is 0.338 e. The van der Waals surface area contributed by atoms with Gasteiger partial charge in [0.15, 0.2) is 0 Å². The molecule has 2 amide bonds. The summed E-state index contributed by atoms with van der Waals surface area (Å²) >= 11 is 1.24. The Labute approximate surface area is 169 Å². The van der Waals surface area contributed by atoms with Crippen LogP contribution in [0.4, 0.5) is 11.4 Å². The zero-order valence-corrected chi connectivity index (χ0v) is 17.0. The molecule has 0 aliphatic carbocycles. The molecule has 2 aromatic carbocycles.